The predicted molar refractivity (Wildman–Crippen MR) is 99.0 cm³/mol. The highest BCUT2D eigenvalue weighted by Gasteiger charge is 2.34. The summed E-state index contributed by atoms with van der Waals surface area (Å²) in [7, 11) is 0. The molecule has 5 nitrogen and oxygen atoms in total. The standard InChI is InChI=1S/C16H10BrIN2O3/c17-10-6-9(14(21)12(18)8-10)7-13-15(22)20(16(23)19-13)11-4-2-1-3-5-11/h1-8,21H,(H,19,23)/b13-7+. The van der Waals surface area contributed by atoms with Gasteiger partial charge in [-0.05, 0) is 52.9 Å². The number of phenolic OH excluding ortho intramolecular Hbond substituents is 1. The fourth-order valence-electron chi connectivity index (χ4n) is 2.20. The lowest BCUT2D eigenvalue weighted by atomic mass is 10.1. The Labute approximate surface area is 154 Å². The lowest BCUT2D eigenvalue weighted by molar-refractivity contribution is -0.113. The molecule has 0 spiro atoms. The highest BCUT2D eigenvalue weighted by Crippen LogP contribution is 2.31. The van der Waals surface area contributed by atoms with Gasteiger partial charge in [-0.2, -0.15) is 0 Å². The summed E-state index contributed by atoms with van der Waals surface area (Å²) in [6, 6.07) is 11.6. The van der Waals surface area contributed by atoms with E-state index in [1.807, 2.05) is 22.6 Å². The van der Waals surface area contributed by atoms with Gasteiger partial charge in [0.05, 0.1) is 9.26 Å². The van der Waals surface area contributed by atoms with Gasteiger partial charge in [0.15, 0.2) is 0 Å². The number of halogens is 2. The average Bonchev–Trinajstić information content (AvgIpc) is 2.79. The van der Waals surface area contributed by atoms with Crippen molar-refractivity contribution >= 4 is 62.2 Å². The molecule has 0 radical (unpaired) electrons. The molecular weight excluding hydrogens is 475 g/mol. The lowest BCUT2D eigenvalue weighted by Gasteiger charge is -2.10. The first-order valence-electron chi connectivity index (χ1n) is 6.57. The third-order valence-electron chi connectivity index (χ3n) is 3.25. The Morgan fingerprint density at radius 1 is 1.17 bits per heavy atom. The minimum absolute atomic E-state index is 0.0570. The van der Waals surface area contributed by atoms with Gasteiger partial charge in [-0.25, -0.2) is 9.69 Å². The van der Waals surface area contributed by atoms with Crippen molar-refractivity contribution in [3.8, 4) is 5.75 Å². The first-order valence-corrected chi connectivity index (χ1v) is 8.45. The van der Waals surface area contributed by atoms with E-state index in [1.54, 1.807) is 42.5 Å². The molecule has 1 aliphatic heterocycles. The summed E-state index contributed by atoms with van der Waals surface area (Å²) in [4.78, 5) is 25.6. The van der Waals surface area contributed by atoms with Crippen LogP contribution in [0, 0.1) is 3.57 Å². The normalized spacial score (nSPS) is 16.1. The molecule has 116 valence electrons. The Kier molecular flexibility index (Phi) is 4.40. The van der Waals surface area contributed by atoms with Crippen LogP contribution >= 0.6 is 38.5 Å². The van der Waals surface area contributed by atoms with Gasteiger partial charge in [0.1, 0.15) is 11.4 Å². The van der Waals surface area contributed by atoms with Gasteiger partial charge in [-0.1, -0.05) is 34.1 Å². The molecule has 1 aliphatic rings. The van der Waals surface area contributed by atoms with E-state index < -0.39 is 11.9 Å². The van der Waals surface area contributed by atoms with Crippen molar-refractivity contribution in [3.05, 3.63) is 61.8 Å². The van der Waals surface area contributed by atoms with E-state index in [0.29, 0.717) is 14.8 Å². The molecular formula is C16H10BrIN2O3. The number of hydrogen-bond donors (Lipinski definition) is 2. The number of carbonyl (C=O) groups is 2. The van der Waals surface area contributed by atoms with Crippen LogP contribution < -0.4 is 10.2 Å². The summed E-state index contributed by atoms with van der Waals surface area (Å²) < 4.78 is 1.41. The highest BCUT2D eigenvalue weighted by molar-refractivity contribution is 14.1. The lowest BCUT2D eigenvalue weighted by Crippen LogP contribution is -2.30. The molecule has 7 heteroatoms. The number of carbonyl (C=O) groups excluding carboxylic acids is 2. The van der Waals surface area contributed by atoms with Gasteiger partial charge in [0, 0.05) is 10.0 Å². The minimum Gasteiger partial charge on any atom is -0.506 e. The minimum atomic E-state index is -0.517. The Hall–Kier alpha value is -1.87. The Balaban J connectivity index is 2.00. The maximum atomic E-state index is 12.5. The second-order valence-electron chi connectivity index (χ2n) is 4.79. The van der Waals surface area contributed by atoms with Crippen LogP contribution in [0.25, 0.3) is 6.08 Å². The Morgan fingerprint density at radius 2 is 1.87 bits per heavy atom. The molecule has 23 heavy (non-hydrogen) atoms. The van der Waals surface area contributed by atoms with E-state index in [1.165, 1.54) is 6.08 Å². The third kappa shape index (κ3) is 3.11. The number of nitrogens with zero attached hydrogens (tertiary/aromatic N) is 1. The van der Waals surface area contributed by atoms with Crippen LogP contribution in [0.15, 0.2) is 52.6 Å². The predicted octanol–water partition coefficient (Wildman–Crippen LogP) is 3.86. The number of hydrogen-bond acceptors (Lipinski definition) is 3. The number of amides is 3. The van der Waals surface area contributed by atoms with Crippen LogP contribution in [0.3, 0.4) is 0 Å². The monoisotopic (exact) mass is 484 g/mol. The van der Waals surface area contributed by atoms with Gasteiger partial charge < -0.3 is 10.4 Å². The molecule has 0 unspecified atom stereocenters. The molecule has 2 aromatic rings. The van der Waals surface area contributed by atoms with E-state index in [2.05, 4.69) is 21.2 Å². The van der Waals surface area contributed by atoms with Crippen molar-refractivity contribution in [2.24, 2.45) is 0 Å². The Bertz CT molecular complexity index is 837. The summed E-state index contributed by atoms with van der Waals surface area (Å²) in [5.74, 6) is -0.405. The zero-order valence-electron chi connectivity index (χ0n) is 11.6. The second kappa shape index (κ2) is 6.32. The fourth-order valence-corrected chi connectivity index (χ4v) is 3.75. The van der Waals surface area contributed by atoms with Crippen molar-refractivity contribution in [1.29, 1.82) is 0 Å². The summed E-state index contributed by atoms with van der Waals surface area (Å²) in [6.45, 7) is 0. The summed E-state index contributed by atoms with van der Waals surface area (Å²) in [5, 5.41) is 12.6. The van der Waals surface area contributed by atoms with Crippen LogP contribution in [0.5, 0.6) is 5.75 Å². The molecule has 0 bridgehead atoms. The van der Waals surface area contributed by atoms with Crippen molar-refractivity contribution < 1.29 is 14.7 Å². The van der Waals surface area contributed by atoms with Crippen molar-refractivity contribution in [3.63, 3.8) is 0 Å². The van der Waals surface area contributed by atoms with E-state index >= 15 is 0 Å². The summed E-state index contributed by atoms with van der Waals surface area (Å²) >= 11 is 5.34. The largest absolute Gasteiger partial charge is 0.506 e. The van der Waals surface area contributed by atoms with E-state index in [-0.39, 0.29) is 11.4 Å². The smallest absolute Gasteiger partial charge is 0.333 e. The SMILES string of the molecule is O=C1N/C(=C/c2cc(Br)cc(I)c2O)C(=O)N1c1ccccc1. The molecule has 1 saturated heterocycles. The maximum absolute atomic E-state index is 12.5. The zero-order valence-corrected chi connectivity index (χ0v) is 15.3. The van der Waals surface area contributed by atoms with Crippen molar-refractivity contribution in [2.75, 3.05) is 4.90 Å². The number of aromatic hydroxyl groups is 1. The fraction of sp³-hybridized carbons (Fsp3) is 0. The Morgan fingerprint density at radius 3 is 2.57 bits per heavy atom. The highest BCUT2D eigenvalue weighted by atomic mass is 127. The van der Waals surface area contributed by atoms with Crippen LogP contribution in [-0.2, 0) is 4.79 Å². The van der Waals surface area contributed by atoms with Crippen molar-refractivity contribution in [1.82, 2.24) is 5.32 Å². The first-order chi connectivity index (χ1) is 11.0. The summed E-state index contributed by atoms with van der Waals surface area (Å²) in [5.41, 5.74) is 1.05. The molecule has 1 fully saturated rings. The van der Waals surface area contributed by atoms with Gasteiger partial charge in [-0.15, -0.1) is 0 Å². The summed E-state index contributed by atoms with van der Waals surface area (Å²) in [6.07, 6.45) is 1.46. The van der Waals surface area contributed by atoms with Gasteiger partial charge in [-0.3, -0.25) is 4.79 Å². The molecule has 0 aromatic heterocycles. The quantitative estimate of drug-likeness (QED) is 0.386. The van der Waals surface area contributed by atoms with Gasteiger partial charge in [0.25, 0.3) is 5.91 Å². The zero-order chi connectivity index (χ0) is 16.6. The molecule has 3 rings (SSSR count). The number of rotatable bonds is 2. The second-order valence-corrected chi connectivity index (χ2v) is 6.87. The van der Waals surface area contributed by atoms with Crippen LogP contribution in [0.1, 0.15) is 5.56 Å². The van der Waals surface area contributed by atoms with Crippen LogP contribution in [-0.4, -0.2) is 17.0 Å². The molecule has 2 aromatic carbocycles. The molecule has 0 atom stereocenters. The van der Waals surface area contributed by atoms with Crippen molar-refractivity contribution in [2.45, 2.75) is 0 Å². The number of imide groups is 1. The van der Waals surface area contributed by atoms with Gasteiger partial charge >= 0.3 is 6.03 Å². The average molecular weight is 485 g/mol. The number of para-hydroxylation sites is 1. The van der Waals surface area contributed by atoms with E-state index in [4.69, 9.17) is 0 Å². The molecule has 0 aliphatic carbocycles. The molecule has 0 saturated carbocycles. The maximum Gasteiger partial charge on any atom is 0.333 e. The first kappa shape index (κ1) is 16.0. The number of benzene rings is 2. The van der Waals surface area contributed by atoms with E-state index in [9.17, 15) is 14.7 Å². The topological polar surface area (TPSA) is 69.6 Å². The van der Waals surface area contributed by atoms with Gasteiger partial charge in [0.2, 0.25) is 0 Å². The number of urea groups is 1. The number of nitrogens with one attached hydrogen (secondary N) is 1. The molecule has 2 N–H and O–H groups in total. The third-order valence-corrected chi connectivity index (χ3v) is 4.53. The van der Waals surface area contributed by atoms with Crippen LogP contribution in [0.4, 0.5) is 10.5 Å². The van der Waals surface area contributed by atoms with E-state index in [0.717, 1.165) is 9.37 Å². The van der Waals surface area contributed by atoms with Crippen LogP contribution in [0.2, 0.25) is 0 Å². The molecule has 1 heterocycles. The number of phenols is 1. The number of anilines is 1. The molecule has 3 amide bonds.